The molecule has 1 aromatic carbocycles. The Balaban J connectivity index is 2.59. The van der Waals surface area contributed by atoms with Crippen molar-refractivity contribution in [3.8, 4) is 0 Å². The van der Waals surface area contributed by atoms with Crippen LogP contribution in [0.25, 0.3) is 11.0 Å². The summed E-state index contributed by atoms with van der Waals surface area (Å²) in [6, 6.07) is 5.21. The standard InChI is InChI=1S/C10H11N3O/c1-2-9-12-7-4-3-6(10(11)14)5-8(7)13-9/h3-5H,2H2,1H3,(H2,11,14)(H,12,13). The number of aryl methyl sites for hydroxylation is 1. The largest absolute Gasteiger partial charge is 0.366 e. The van der Waals surface area contributed by atoms with Gasteiger partial charge in [-0.2, -0.15) is 0 Å². The SMILES string of the molecule is CCc1nc2ccc(C(N)=O)cc2[nH]1. The van der Waals surface area contributed by atoms with Crippen LogP contribution in [-0.2, 0) is 6.42 Å². The zero-order valence-electron chi connectivity index (χ0n) is 7.87. The maximum atomic E-state index is 10.9. The molecule has 2 aromatic rings. The van der Waals surface area contributed by atoms with E-state index in [1.807, 2.05) is 6.92 Å². The molecule has 3 N–H and O–H groups in total. The number of hydrogen-bond donors (Lipinski definition) is 2. The predicted molar refractivity (Wildman–Crippen MR) is 54.0 cm³/mol. The number of carbonyl (C=O) groups is 1. The van der Waals surface area contributed by atoms with Crippen LogP contribution in [0.2, 0.25) is 0 Å². The lowest BCUT2D eigenvalue weighted by atomic mass is 10.2. The molecule has 1 aromatic heterocycles. The fourth-order valence-corrected chi connectivity index (χ4v) is 1.38. The zero-order valence-corrected chi connectivity index (χ0v) is 7.87. The molecule has 0 spiro atoms. The molecule has 0 aliphatic heterocycles. The summed E-state index contributed by atoms with van der Waals surface area (Å²) in [6.45, 7) is 2.02. The molecule has 0 radical (unpaired) electrons. The van der Waals surface area contributed by atoms with Gasteiger partial charge in [-0.1, -0.05) is 6.92 Å². The predicted octanol–water partition coefficient (Wildman–Crippen LogP) is 1.22. The Kier molecular flexibility index (Phi) is 1.96. The maximum absolute atomic E-state index is 10.9. The molecule has 1 heterocycles. The lowest BCUT2D eigenvalue weighted by Crippen LogP contribution is -2.10. The lowest BCUT2D eigenvalue weighted by Gasteiger charge is -1.93. The molecular weight excluding hydrogens is 178 g/mol. The van der Waals surface area contributed by atoms with Crippen LogP contribution in [-0.4, -0.2) is 15.9 Å². The van der Waals surface area contributed by atoms with E-state index in [9.17, 15) is 4.79 Å². The number of fused-ring (bicyclic) bond motifs is 1. The molecule has 0 aliphatic carbocycles. The molecule has 0 aliphatic rings. The second kappa shape index (κ2) is 3.14. The first-order chi connectivity index (χ1) is 6.70. The lowest BCUT2D eigenvalue weighted by molar-refractivity contribution is 0.100. The van der Waals surface area contributed by atoms with Crippen molar-refractivity contribution in [1.29, 1.82) is 0 Å². The second-order valence-corrected chi connectivity index (χ2v) is 3.13. The Morgan fingerprint density at radius 2 is 2.36 bits per heavy atom. The molecule has 0 saturated heterocycles. The number of aromatic amines is 1. The van der Waals surface area contributed by atoms with Gasteiger partial charge in [0.05, 0.1) is 11.0 Å². The van der Waals surface area contributed by atoms with Crippen molar-refractivity contribution in [3.63, 3.8) is 0 Å². The summed E-state index contributed by atoms with van der Waals surface area (Å²) in [5, 5.41) is 0. The number of hydrogen-bond acceptors (Lipinski definition) is 2. The van der Waals surface area contributed by atoms with E-state index in [0.29, 0.717) is 5.56 Å². The molecule has 4 nitrogen and oxygen atoms in total. The molecule has 0 saturated carbocycles. The van der Waals surface area contributed by atoms with E-state index in [1.165, 1.54) is 0 Å². The van der Waals surface area contributed by atoms with Crippen molar-refractivity contribution in [3.05, 3.63) is 29.6 Å². The quantitative estimate of drug-likeness (QED) is 0.745. The van der Waals surface area contributed by atoms with Crippen LogP contribution >= 0.6 is 0 Å². The van der Waals surface area contributed by atoms with Crippen molar-refractivity contribution in [1.82, 2.24) is 9.97 Å². The third kappa shape index (κ3) is 1.35. The van der Waals surface area contributed by atoms with Crippen molar-refractivity contribution < 1.29 is 4.79 Å². The van der Waals surface area contributed by atoms with Crippen molar-refractivity contribution >= 4 is 16.9 Å². The number of primary amides is 1. The Morgan fingerprint density at radius 1 is 1.57 bits per heavy atom. The molecule has 2 rings (SSSR count). The molecule has 72 valence electrons. The van der Waals surface area contributed by atoms with Gasteiger partial charge in [0.15, 0.2) is 0 Å². The van der Waals surface area contributed by atoms with E-state index in [0.717, 1.165) is 23.3 Å². The molecule has 0 unspecified atom stereocenters. The van der Waals surface area contributed by atoms with Gasteiger partial charge in [-0.05, 0) is 18.2 Å². The number of nitrogens with zero attached hydrogens (tertiary/aromatic N) is 1. The maximum Gasteiger partial charge on any atom is 0.248 e. The molecule has 0 atom stereocenters. The number of imidazole rings is 1. The van der Waals surface area contributed by atoms with Gasteiger partial charge in [0.1, 0.15) is 5.82 Å². The first-order valence-corrected chi connectivity index (χ1v) is 4.49. The van der Waals surface area contributed by atoms with Gasteiger partial charge in [-0.3, -0.25) is 4.79 Å². The van der Waals surface area contributed by atoms with Crippen LogP contribution in [0, 0.1) is 0 Å². The van der Waals surface area contributed by atoms with Gasteiger partial charge in [0.25, 0.3) is 0 Å². The van der Waals surface area contributed by atoms with Crippen molar-refractivity contribution in [2.24, 2.45) is 5.73 Å². The molecule has 1 amide bonds. The molecule has 4 heteroatoms. The number of rotatable bonds is 2. The Morgan fingerprint density at radius 3 is 3.00 bits per heavy atom. The van der Waals surface area contributed by atoms with Crippen LogP contribution in [0.4, 0.5) is 0 Å². The van der Waals surface area contributed by atoms with Gasteiger partial charge in [0, 0.05) is 12.0 Å². The average Bonchev–Trinajstić information content (AvgIpc) is 2.58. The number of aromatic nitrogens is 2. The highest BCUT2D eigenvalue weighted by Crippen LogP contribution is 2.13. The summed E-state index contributed by atoms with van der Waals surface area (Å²) in [4.78, 5) is 18.4. The zero-order chi connectivity index (χ0) is 10.1. The van der Waals surface area contributed by atoms with E-state index < -0.39 is 5.91 Å². The van der Waals surface area contributed by atoms with Gasteiger partial charge in [-0.15, -0.1) is 0 Å². The van der Waals surface area contributed by atoms with Crippen LogP contribution in [0.3, 0.4) is 0 Å². The Hall–Kier alpha value is -1.84. The summed E-state index contributed by atoms with van der Waals surface area (Å²) in [7, 11) is 0. The van der Waals surface area contributed by atoms with Gasteiger partial charge >= 0.3 is 0 Å². The fourth-order valence-electron chi connectivity index (χ4n) is 1.38. The second-order valence-electron chi connectivity index (χ2n) is 3.13. The Labute approximate surface area is 81.1 Å². The number of carbonyl (C=O) groups excluding carboxylic acids is 1. The van der Waals surface area contributed by atoms with Gasteiger partial charge in [0.2, 0.25) is 5.91 Å². The minimum atomic E-state index is -0.417. The van der Waals surface area contributed by atoms with Crippen LogP contribution in [0.15, 0.2) is 18.2 Å². The van der Waals surface area contributed by atoms with E-state index in [4.69, 9.17) is 5.73 Å². The van der Waals surface area contributed by atoms with E-state index in [1.54, 1.807) is 18.2 Å². The summed E-state index contributed by atoms with van der Waals surface area (Å²) >= 11 is 0. The normalized spacial score (nSPS) is 10.6. The highest BCUT2D eigenvalue weighted by Gasteiger charge is 2.04. The smallest absolute Gasteiger partial charge is 0.248 e. The number of amides is 1. The van der Waals surface area contributed by atoms with Crippen LogP contribution < -0.4 is 5.73 Å². The number of H-pyrrole nitrogens is 1. The average molecular weight is 189 g/mol. The van der Waals surface area contributed by atoms with Crippen LogP contribution in [0.1, 0.15) is 23.1 Å². The first kappa shape index (κ1) is 8.74. The highest BCUT2D eigenvalue weighted by atomic mass is 16.1. The topological polar surface area (TPSA) is 71.8 Å². The van der Waals surface area contributed by atoms with Crippen molar-refractivity contribution in [2.45, 2.75) is 13.3 Å². The van der Waals surface area contributed by atoms with E-state index in [-0.39, 0.29) is 0 Å². The van der Waals surface area contributed by atoms with E-state index in [2.05, 4.69) is 9.97 Å². The number of nitrogens with two attached hydrogens (primary N) is 1. The summed E-state index contributed by atoms with van der Waals surface area (Å²) in [5.41, 5.74) is 7.40. The molecule has 14 heavy (non-hydrogen) atoms. The summed E-state index contributed by atoms with van der Waals surface area (Å²) in [5.74, 6) is 0.501. The molecule has 0 fully saturated rings. The van der Waals surface area contributed by atoms with Gasteiger partial charge < -0.3 is 10.7 Å². The van der Waals surface area contributed by atoms with E-state index >= 15 is 0 Å². The third-order valence-corrected chi connectivity index (χ3v) is 2.15. The summed E-state index contributed by atoms with van der Waals surface area (Å²) in [6.07, 6.45) is 0.848. The third-order valence-electron chi connectivity index (χ3n) is 2.15. The Bertz CT molecular complexity index is 487. The summed E-state index contributed by atoms with van der Waals surface area (Å²) < 4.78 is 0. The van der Waals surface area contributed by atoms with Crippen LogP contribution in [0.5, 0.6) is 0 Å². The number of benzene rings is 1. The minimum Gasteiger partial charge on any atom is -0.366 e. The van der Waals surface area contributed by atoms with Crippen molar-refractivity contribution in [2.75, 3.05) is 0 Å². The first-order valence-electron chi connectivity index (χ1n) is 4.49. The highest BCUT2D eigenvalue weighted by molar-refractivity contribution is 5.96. The number of nitrogens with one attached hydrogen (secondary N) is 1. The fraction of sp³-hybridized carbons (Fsp3) is 0.200. The molecule has 0 bridgehead atoms. The monoisotopic (exact) mass is 189 g/mol. The molecular formula is C10H11N3O. The van der Waals surface area contributed by atoms with Gasteiger partial charge in [-0.25, -0.2) is 4.98 Å². The minimum absolute atomic E-state index is 0.417.